The lowest BCUT2D eigenvalue weighted by Crippen LogP contribution is -2.64. The Kier molecular flexibility index (Phi) is 4.90. The van der Waals surface area contributed by atoms with Crippen molar-refractivity contribution in [1.82, 2.24) is 14.7 Å². The van der Waals surface area contributed by atoms with Crippen molar-refractivity contribution in [3.05, 3.63) is 29.8 Å². The third kappa shape index (κ3) is 3.59. The van der Waals surface area contributed by atoms with Crippen LogP contribution in [0.15, 0.2) is 24.3 Å². The average molecular weight is 359 g/mol. The van der Waals surface area contributed by atoms with Crippen LogP contribution in [0.4, 0.5) is 0 Å². The minimum atomic E-state index is -0.0937. The first-order valence-corrected chi connectivity index (χ1v) is 9.54. The van der Waals surface area contributed by atoms with Crippen LogP contribution in [0.2, 0.25) is 0 Å². The van der Waals surface area contributed by atoms with Crippen LogP contribution in [-0.2, 0) is 16.0 Å². The van der Waals surface area contributed by atoms with Crippen LogP contribution in [0.1, 0.15) is 12.0 Å². The van der Waals surface area contributed by atoms with Crippen molar-refractivity contribution in [3.63, 3.8) is 0 Å². The van der Waals surface area contributed by atoms with Crippen LogP contribution < -0.4 is 4.74 Å². The molecule has 3 heterocycles. The number of likely N-dealkylation sites (N-methyl/N-ethyl adjacent to an activating group) is 1. The molecular formula is C20H29N3O3. The molecule has 1 aromatic rings. The topological polar surface area (TPSA) is 45.2 Å². The second-order valence-corrected chi connectivity index (χ2v) is 7.97. The van der Waals surface area contributed by atoms with Crippen molar-refractivity contribution in [2.24, 2.45) is 0 Å². The maximum Gasteiger partial charge on any atom is 0.227 e. The number of methoxy groups -OCH3 is 1. The van der Waals surface area contributed by atoms with E-state index in [1.807, 2.05) is 29.2 Å². The Morgan fingerprint density at radius 3 is 2.54 bits per heavy atom. The van der Waals surface area contributed by atoms with Gasteiger partial charge in [0.2, 0.25) is 5.91 Å². The maximum absolute atomic E-state index is 12.5. The molecule has 26 heavy (non-hydrogen) atoms. The molecule has 0 N–H and O–H groups in total. The number of ether oxygens (including phenoxy) is 2. The fourth-order valence-electron chi connectivity index (χ4n) is 4.32. The minimum Gasteiger partial charge on any atom is -0.497 e. The van der Waals surface area contributed by atoms with Gasteiger partial charge in [0.25, 0.3) is 0 Å². The van der Waals surface area contributed by atoms with Gasteiger partial charge in [-0.3, -0.25) is 9.69 Å². The smallest absolute Gasteiger partial charge is 0.227 e. The Bertz CT molecular complexity index is 634. The number of rotatable bonds is 4. The summed E-state index contributed by atoms with van der Waals surface area (Å²) in [5.41, 5.74) is 0.934. The van der Waals surface area contributed by atoms with Crippen LogP contribution in [0.5, 0.6) is 5.75 Å². The normalized spacial score (nSPS) is 26.1. The molecule has 0 aromatic heterocycles. The van der Waals surface area contributed by atoms with Crippen LogP contribution in [0.3, 0.4) is 0 Å². The van der Waals surface area contributed by atoms with E-state index in [9.17, 15) is 4.79 Å². The zero-order valence-electron chi connectivity index (χ0n) is 15.8. The van der Waals surface area contributed by atoms with Crippen molar-refractivity contribution in [3.8, 4) is 5.75 Å². The number of hydrogen-bond acceptors (Lipinski definition) is 5. The summed E-state index contributed by atoms with van der Waals surface area (Å²) in [4.78, 5) is 19.4. The van der Waals surface area contributed by atoms with Crippen molar-refractivity contribution in [2.45, 2.75) is 24.5 Å². The van der Waals surface area contributed by atoms with Gasteiger partial charge in [0, 0.05) is 32.2 Å². The highest BCUT2D eigenvalue weighted by atomic mass is 16.5. The number of nitrogens with zero attached hydrogens (tertiary/aromatic N) is 3. The molecule has 0 unspecified atom stereocenters. The van der Waals surface area contributed by atoms with Crippen LogP contribution in [-0.4, -0.2) is 92.3 Å². The number of carbonyl (C=O) groups excluding carboxylic acids is 1. The van der Waals surface area contributed by atoms with Crippen LogP contribution in [0.25, 0.3) is 0 Å². The molecule has 142 valence electrons. The molecule has 1 amide bonds. The zero-order valence-corrected chi connectivity index (χ0v) is 15.8. The van der Waals surface area contributed by atoms with E-state index in [4.69, 9.17) is 9.47 Å². The Labute approximate surface area is 155 Å². The van der Waals surface area contributed by atoms with Gasteiger partial charge < -0.3 is 19.3 Å². The Balaban J connectivity index is 1.26. The predicted octanol–water partition coefficient (Wildman–Crippen LogP) is 0.855. The molecule has 4 rings (SSSR count). The highest BCUT2D eigenvalue weighted by molar-refractivity contribution is 5.80. The largest absolute Gasteiger partial charge is 0.497 e. The van der Waals surface area contributed by atoms with E-state index in [1.165, 1.54) is 0 Å². The second kappa shape index (κ2) is 7.18. The third-order valence-electron chi connectivity index (χ3n) is 6.07. The highest BCUT2D eigenvalue weighted by Crippen LogP contribution is 2.37. The van der Waals surface area contributed by atoms with Gasteiger partial charge in [0.1, 0.15) is 11.4 Å². The Morgan fingerprint density at radius 2 is 1.88 bits per heavy atom. The first-order chi connectivity index (χ1) is 12.6. The number of benzene rings is 1. The molecule has 0 aliphatic carbocycles. The van der Waals surface area contributed by atoms with E-state index < -0.39 is 0 Å². The van der Waals surface area contributed by atoms with Crippen molar-refractivity contribution in [2.75, 3.05) is 60.0 Å². The molecule has 1 spiro atoms. The van der Waals surface area contributed by atoms with E-state index in [0.717, 1.165) is 63.6 Å². The van der Waals surface area contributed by atoms with E-state index in [2.05, 4.69) is 16.8 Å². The quantitative estimate of drug-likeness (QED) is 0.798. The molecule has 3 fully saturated rings. The summed E-state index contributed by atoms with van der Waals surface area (Å²) >= 11 is 0. The summed E-state index contributed by atoms with van der Waals surface area (Å²) in [7, 11) is 3.83. The Hall–Kier alpha value is -1.63. The molecule has 0 saturated carbocycles. The van der Waals surface area contributed by atoms with Crippen LogP contribution in [0, 0.1) is 0 Å². The fraction of sp³-hybridized carbons (Fsp3) is 0.650. The third-order valence-corrected chi connectivity index (χ3v) is 6.07. The van der Waals surface area contributed by atoms with Gasteiger partial charge in [-0.25, -0.2) is 0 Å². The molecular weight excluding hydrogens is 330 g/mol. The van der Waals surface area contributed by atoms with Gasteiger partial charge in [-0.1, -0.05) is 12.1 Å². The standard InChI is InChI=1S/C20H29N3O3/c1-21-7-9-22(10-8-21)17-12-20(26-13-17)14-23(15-20)19(24)11-16-3-5-18(25-2)6-4-16/h3-6,17H,7-15H2,1-2H3/t17-/m0/s1. The summed E-state index contributed by atoms with van der Waals surface area (Å²) in [6, 6.07) is 8.24. The molecule has 6 heteroatoms. The molecule has 1 atom stereocenters. The van der Waals surface area contributed by atoms with Crippen LogP contribution >= 0.6 is 0 Å². The summed E-state index contributed by atoms with van der Waals surface area (Å²) < 4.78 is 11.3. The second-order valence-electron chi connectivity index (χ2n) is 7.97. The fourth-order valence-corrected chi connectivity index (χ4v) is 4.32. The van der Waals surface area contributed by atoms with Crippen molar-refractivity contribution in [1.29, 1.82) is 0 Å². The lowest BCUT2D eigenvalue weighted by atomic mass is 9.88. The molecule has 3 aliphatic heterocycles. The van der Waals surface area contributed by atoms with Gasteiger partial charge in [-0.2, -0.15) is 0 Å². The summed E-state index contributed by atoms with van der Waals surface area (Å²) in [6.07, 6.45) is 1.50. The van der Waals surface area contributed by atoms with Gasteiger partial charge in [0.15, 0.2) is 0 Å². The predicted molar refractivity (Wildman–Crippen MR) is 99.4 cm³/mol. The van der Waals surface area contributed by atoms with Gasteiger partial charge in [-0.05, 0) is 31.2 Å². The molecule has 6 nitrogen and oxygen atoms in total. The molecule has 3 saturated heterocycles. The molecule has 1 aromatic carbocycles. The van der Waals surface area contributed by atoms with Gasteiger partial charge >= 0.3 is 0 Å². The first kappa shape index (κ1) is 17.8. The van der Waals surface area contributed by atoms with Crippen molar-refractivity contribution < 1.29 is 14.3 Å². The first-order valence-electron chi connectivity index (χ1n) is 9.54. The lowest BCUT2D eigenvalue weighted by molar-refractivity contribution is -0.157. The van der Waals surface area contributed by atoms with E-state index in [-0.39, 0.29) is 11.5 Å². The van der Waals surface area contributed by atoms with Gasteiger partial charge in [0.05, 0.1) is 33.2 Å². The monoisotopic (exact) mass is 359 g/mol. The molecule has 0 radical (unpaired) electrons. The van der Waals surface area contributed by atoms with E-state index in [0.29, 0.717) is 12.5 Å². The SMILES string of the molecule is COc1ccc(CC(=O)N2CC3(C[C@H](N4CCN(C)CC4)CO3)C2)cc1. The summed E-state index contributed by atoms with van der Waals surface area (Å²) in [5.74, 6) is 1.01. The summed E-state index contributed by atoms with van der Waals surface area (Å²) in [6.45, 7) is 6.82. The summed E-state index contributed by atoms with van der Waals surface area (Å²) in [5, 5.41) is 0. The van der Waals surface area contributed by atoms with E-state index >= 15 is 0 Å². The zero-order chi connectivity index (χ0) is 18.1. The number of piperazine rings is 1. The highest BCUT2D eigenvalue weighted by Gasteiger charge is 2.52. The van der Waals surface area contributed by atoms with E-state index in [1.54, 1.807) is 7.11 Å². The molecule has 0 bridgehead atoms. The number of amides is 1. The number of carbonyl (C=O) groups is 1. The minimum absolute atomic E-state index is 0.0937. The number of hydrogen-bond donors (Lipinski definition) is 0. The Morgan fingerprint density at radius 1 is 1.19 bits per heavy atom. The lowest BCUT2D eigenvalue weighted by Gasteiger charge is -2.47. The van der Waals surface area contributed by atoms with Crippen molar-refractivity contribution >= 4 is 5.91 Å². The van der Waals surface area contributed by atoms with Gasteiger partial charge in [-0.15, -0.1) is 0 Å². The molecule has 3 aliphatic rings. The number of likely N-dealkylation sites (tertiary alicyclic amines) is 1. The average Bonchev–Trinajstić information content (AvgIpc) is 3.07. The maximum atomic E-state index is 12.5.